The van der Waals surface area contributed by atoms with E-state index < -0.39 is 16.0 Å². The van der Waals surface area contributed by atoms with Crippen molar-refractivity contribution in [2.24, 2.45) is 5.92 Å². The minimum atomic E-state index is -3.74. The number of methoxy groups -OCH3 is 1. The van der Waals surface area contributed by atoms with Crippen LogP contribution < -0.4 is 0 Å². The van der Waals surface area contributed by atoms with Crippen LogP contribution in [0.2, 0.25) is 0 Å². The molecule has 1 aromatic heterocycles. The van der Waals surface area contributed by atoms with Crippen molar-refractivity contribution in [1.29, 1.82) is 0 Å². The van der Waals surface area contributed by atoms with Gasteiger partial charge in [-0.25, -0.2) is 13.2 Å². The minimum Gasteiger partial charge on any atom is -0.465 e. The first-order valence-corrected chi connectivity index (χ1v) is 8.63. The summed E-state index contributed by atoms with van der Waals surface area (Å²) >= 11 is 0. The Morgan fingerprint density at radius 3 is 2.76 bits per heavy atom. The fourth-order valence-corrected chi connectivity index (χ4v) is 5.02. The van der Waals surface area contributed by atoms with Crippen LogP contribution in [0.3, 0.4) is 0 Å². The highest BCUT2D eigenvalue weighted by Crippen LogP contribution is 2.39. The van der Waals surface area contributed by atoms with E-state index in [1.54, 1.807) is 0 Å². The molecule has 2 fully saturated rings. The first kappa shape index (κ1) is 14.5. The summed E-state index contributed by atoms with van der Waals surface area (Å²) in [6.07, 6.45) is 6.31. The average molecular weight is 313 g/mol. The van der Waals surface area contributed by atoms with Crippen LogP contribution >= 0.6 is 0 Å². The summed E-state index contributed by atoms with van der Waals surface area (Å²) in [5.74, 6) is -0.242. The second kappa shape index (κ2) is 5.42. The first-order valence-electron chi connectivity index (χ1n) is 7.19. The molecule has 21 heavy (non-hydrogen) atoms. The Bertz CT molecular complexity index is 636. The van der Waals surface area contributed by atoms with Crippen molar-refractivity contribution < 1.29 is 17.9 Å². The summed E-state index contributed by atoms with van der Waals surface area (Å²) in [6.45, 7) is 0.503. The van der Waals surface area contributed by atoms with Crippen molar-refractivity contribution in [3.8, 4) is 0 Å². The lowest BCUT2D eigenvalue weighted by Gasteiger charge is -2.36. The molecule has 8 heteroatoms. The zero-order valence-electron chi connectivity index (χ0n) is 11.9. The quantitative estimate of drug-likeness (QED) is 0.842. The largest absolute Gasteiger partial charge is 0.465 e. The van der Waals surface area contributed by atoms with Gasteiger partial charge in [0.15, 0.2) is 5.03 Å². The molecule has 0 bridgehead atoms. The third kappa shape index (κ3) is 2.36. The Morgan fingerprint density at radius 2 is 2.14 bits per heavy atom. The summed E-state index contributed by atoms with van der Waals surface area (Å²) < 4.78 is 31.8. The van der Waals surface area contributed by atoms with Gasteiger partial charge in [-0.2, -0.15) is 9.40 Å². The molecule has 1 saturated heterocycles. The molecule has 0 amide bonds. The molecule has 1 N–H and O–H groups in total. The van der Waals surface area contributed by atoms with Crippen LogP contribution in [0.5, 0.6) is 0 Å². The second-order valence-corrected chi connectivity index (χ2v) is 7.45. The van der Waals surface area contributed by atoms with E-state index in [2.05, 4.69) is 14.9 Å². The van der Waals surface area contributed by atoms with Gasteiger partial charge in [0.1, 0.15) is 5.56 Å². The van der Waals surface area contributed by atoms with Gasteiger partial charge in [-0.15, -0.1) is 0 Å². The zero-order chi connectivity index (χ0) is 15.0. The highest BCUT2D eigenvalue weighted by atomic mass is 32.2. The van der Waals surface area contributed by atoms with E-state index in [1.807, 2.05) is 0 Å². The molecule has 1 aromatic rings. The molecule has 0 aromatic carbocycles. The number of aromatic nitrogens is 2. The number of carbonyl (C=O) groups is 1. The number of H-pyrrole nitrogens is 1. The molecule has 7 nitrogen and oxygen atoms in total. The SMILES string of the molecule is COC(=O)c1cn[nH]c1S(=O)(=O)N1CCCC1C1CCC1. The number of hydrogen-bond donors (Lipinski definition) is 1. The van der Waals surface area contributed by atoms with Crippen LogP contribution in [0.25, 0.3) is 0 Å². The van der Waals surface area contributed by atoms with Gasteiger partial charge in [-0.1, -0.05) is 6.42 Å². The summed E-state index contributed by atoms with van der Waals surface area (Å²) in [6, 6.07) is 0.0533. The predicted molar refractivity (Wildman–Crippen MR) is 74.2 cm³/mol. The Balaban J connectivity index is 1.93. The van der Waals surface area contributed by atoms with E-state index in [0.717, 1.165) is 25.7 Å². The summed E-state index contributed by atoms with van der Waals surface area (Å²) in [4.78, 5) is 11.7. The van der Waals surface area contributed by atoms with Gasteiger partial charge < -0.3 is 4.74 Å². The second-order valence-electron chi connectivity index (χ2n) is 5.62. The molecular formula is C13H19N3O4S. The van der Waals surface area contributed by atoms with Crippen molar-refractivity contribution in [2.75, 3.05) is 13.7 Å². The molecule has 1 atom stereocenters. The summed E-state index contributed by atoms with van der Waals surface area (Å²) in [5, 5.41) is 6.00. The molecule has 116 valence electrons. The van der Waals surface area contributed by atoms with E-state index in [4.69, 9.17) is 0 Å². The normalized spacial score (nSPS) is 24.0. The van der Waals surface area contributed by atoms with E-state index in [0.29, 0.717) is 12.5 Å². The van der Waals surface area contributed by atoms with Crippen LogP contribution in [0.4, 0.5) is 0 Å². The molecule has 1 unspecified atom stereocenters. The molecule has 1 saturated carbocycles. The molecule has 2 heterocycles. The predicted octanol–water partition coefficient (Wildman–Crippen LogP) is 1.15. The van der Waals surface area contributed by atoms with Crippen LogP contribution in [0.15, 0.2) is 11.2 Å². The number of carbonyl (C=O) groups excluding carboxylic acids is 1. The van der Waals surface area contributed by atoms with Crippen LogP contribution in [-0.4, -0.2) is 48.6 Å². The topological polar surface area (TPSA) is 92.4 Å². The Kier molecular flexibility index (Phi) is 3.75. The summed E-state index contributed by atoms with van der Waals surface area (Å²) in [5.41, 5.74) is -0.0308. The number of nitrogens with zero attached hydrogens (tertiary/aromatic N) is 2. The lowest BCUT2D eigenvalue weighted by atomic mass is 9.79. The van der Waals surface area contributed by atoms with Gasteiger partial charge in [0.05, 0.1) is 13.3 Å². The van der Waals surface area contributed by atoms with Crippen molar-refractivity contribution in [3.63, 3.8) is 0 Å². The number of aromatic amines is 1. The number of nitrogens with one attached hydrogen (secondary N) is 1. The average Bonchev–Trinajstić information content (AvgIpc) is 3.04. The van der Waals surface area contributed by atoms with Gasteiger partial charge in [-0.3, -0.25) is 5.10 Å². The lowest BCUT2D eigenvalue weighted by molar-refractivity contribution is 0.0596. The molecule has 2 aliphatic rings. The van der Waals surface area contributed by atoms with Gasteiger partial charge >= 0.3 is 5.97 Å². The van der Waals surface area contributed by atoms with E-state index >= 15 is 0 Å². The maximum absolute atomic E-state index is 12.8. The van der Waals surface area contributed by atoms with E-state index in [-0.39, 0.29) is 16.6 Å². The Morgan fingerprint density at radius 1 is 1.38 bits per heavy atom. The number of esters is 1. The highest BCUT2D eigenvalue weighted by Gasteiger charge is 2.43. The van der Waals surface area contributed by atoms with Crippen molar-refractivity contribution in [3.05, 3.63) is 11.8 Å². The third-order valence-electron chi connectivity index (χ3n) is 4.52. The van der Waals surface area contributed by atoms with Crippen LogP contribution in [-0.2, 0) is 14.8 Å². The molecular weight excluding hydrogens is 294 g/mol. The van der Waals surface area contributed by atoms with Crippen molar-refractivity contribution in [1.82, 2.24) is 14.5 Å². The van der Waals surface area contributed by atoms with Gasteiger partial charge in [-0.05, 0) is 31.6 Å². The number of sulfonamides is 1. The van der Waals surface area contributed by atoms with Gasteiger partial charge in [0.25, 0.3) is 10.0 Å². The number of hydrogen-bond acceptors (Lipinski definition) is 5. The van der Waals surface area contributed by atoms with Gasteiger partial charge in [0, 0.05) is 12.6 Å². The molecule has 0 spiro atoms. The van der Waals surface area contributed by atoms with Crippen molar-refractivity contribution in [2.45, 2.75) is 43.2 Å². The lowest BCUT2D eigenvalue weighted by Crippen LogP contribution is -2.42. The first-order chi connectivity index (χ1) is 10.1. The fourth-order valence-electron chi connectivity index (χ4n) is 3.20. The number of ether oxygens (including phenoxy) is 1. The maximum Gasteiger partial charge on any atom is 0.342 e. The van der Waals surface area contributed by atoms with Crippen LogP contribution in [0.1, 0.15) is 42.5 Å². The summed E-state index contributed by atoms with van der Waals surface area (Å²) in [7, 11) is -2.52. The van der Waals surface area contributed by atoms with E-state index in [9.17, 15) is 13.2 Å². The maximum atomic E-state index is 12.8. The monoisotopic (exact) mass is 313 g/mol. The standard InChI is InChI=1S/C13H19N3O4S/c1-20-13(17)10-8-14-15-12(10)21(18,19)16-7-3-6-11(16)9-4-2-5-9/h8-9,11H,2-7H2,1H3,(H,14,15). The van der Waals surface area contributed by atoms with Crippen LogP contribution in [0, 0.1) is 5.92 Å². The smallest absolute Gasteiger partial charge is 0.342 e. The minimum absolute atomic E-state index is 0.0308. The van der Waals surface area contributed by atoms with Gasteiger partial charge in [0.2, 0.25) is 0 Å². The van der Waals surface area contributed by atoms with E-state index in [1.165, 1.54) is 24.0 Å². The molecule has 1 aliphatic carbocycles. The Hall–Kier alpha value is -1.41. The van der Waals surface area contributed by atoms with Crippen molar-refractivity contribution >= 4 is 16.0 Å². The third-order valence-corrected chi connectivity index (χ3v) is 6.42. The fraction of sp³-hybridized carbons (Fsp3) is 0.692. The zero-order valence-corrected chi connectivity index (χ0v) is 12.7. The molecule has 1 aliphatic heterocycles. The molecule has 0 radical (unpaired) electrons. The molecule has 3 rings (SSSR count). The number of rotatable bonds is 4. The Labute approximate surface area is 123 Å². The highest BCUT2D eigenvalue weighted by molar-refractivity contribution is 7.89.